The summed E-state index contributed by atoms with van der Waals surface area (Å²) in [5.41, 5.74) is 3.04. The molecule has 2 aromatic carbocycles. The third kappa shape index (κ3) is 3.97. The van der Waals surface area contributed by atoms with Gasteiger partial charge in [0.05, 0.1) is 0 Å². The molecule has 21 heavy (non-hydrogen) atoms. The summed E-state index contributed by atoms with van der Waals surface area (Å²) >= 11 is 0. The average Bonchev–Trinajstić information content (AvgIpc) is 2.58. The molecule has 0 radical (unpaired) electrons. The Hall–Kier alpha value is -1.56. The van der Waals surface area contributed by atoms with Crippen molar-refractivity contribution in [1.29, 1.82) is 0 Å². The minimum atomic E-state index is 0.742. The van der Waals surface area contributed by atoms with E-state index in [1.165, 1.54) is 50.5 Å². The Labute approximate surface area is 129 Å². The minimum Gasteiger partial charge on any atom is -0.0622 e. The highest BCUT2D eigenvalue weighted by atomic mass is 14.3. The van der Waals surface area contributed by atoms with Crippen LogP contribution in [-0.4, -0.2) is 0 Å². The Morgan fingerprint density at radius 2 is 1.38 bits per heavy atom. The topological polar surface area (TPSA) is 0 Å². The zero-order valence-corrected chi connectivity index (χ0v) is 12.9. The quantitative estimate of drug-likeness (QED) is 0.630. The lowest BCUT2D eigenvalue weighted by atomic mass is 9.74. The zero-order chi connectivity index (χ0) is 14.3. The molecule has 0 N–H and O–H groups in total. The van der Waals surface area contributed by atoms with Crippen molar-refractivity contribution in [3.63, 3.8) is 0 Å². The van der Waals surface area contributed by atoms with Crippen molar-refractivity contribution >= 4 is 0 Å². The zero-order valence-electron chi connectivity index (χ0n) is 12.9. The Kier molecular flexibility index (Phi) is 5.10. The molecule has 0 spiro atoms. The first-order chi connectivity index (χ1) is 10.4. The van der Waals surface area contributed by atoms with Crippen LogP contribution in [0.15, 0.2) is 60.7 Å². The SMILES string of the molecule is c1ccc(CCC(c2ccccc2)C2CCCCC2)cc1. The predicted molar refractivity (Wildman–Crippen MR) is 90.5 cm³/mol. The Bertz CT molecular complexity index is 508. The largest absolute Gasteiger partial charge is 0.0622 e. The second kappa shape index (κ2) is 7.45. The van der Waals surface area contributed by atoms with E-state index in [1.807, 2.05) is 0 Å². The summed E-state index contributed by atoms with van der Waals surface area (Å²) in [5.74, 6) is 1.64. The van der Waals surface area contributed by atoms with Crippen molar-refractivity contribution in [2.24, 2.45) is 5.92 Å². The van der Waals surface area contributed by atoms with Gasteiger partial charge in [0, 0.05) is 0 Å². The van der Waals surface area contributed by atoms with Crippen LogP contribution in [0.3, 0.4) is 0 Å². The molecule has 0 aliphatic heterocycles. The van der Waals surface area contributed by atoms with Crippen LogP contribution in [0.4, 0.5) is 0 Å². The highest BCUT2D eigenvalue weighted by Gasteiger charge is 2.24. The molecule has 1 saturated carbocycles. The molecule has 0 bridgehead atoms. The van der Waals surface area contributed by atoms with E-state index in [-0.39, 0.29) is 0 Å². The molecular weight excluding hydrogens is 252 g/mol. The van der Waals surface area contributed by atoms with Crippen molar-refractivity contribution in [2.45, 2.75) is 50.9 Å². The maximum absolute atomic E-state index is 2.34. The van der Waals surface area contributed by atoms with E-state index in [2.05, 4.69) is 60.7 Å². The van der Waals surface area contributed by atoms with Crippen LogP contribution < -0.4 is 0 Å². The average molecular weight is 278 g/mol. The van der Waals surface area contributed by atoms with E-state index in [4.69, 9.17) is 0 Å². The van der Waals surface area contributed by atoms with Gasteiger partial charge in [0.15, 0.2) is 0 Å². The molecule has 1 fully saturated rings. The van der Waals surface area contributed by atoms with Crippen LogP contribution in [0.2, 0.25) is 0 Å². The molecular formula is C21H26. The molecule has 0 aromatic heterocycles. The van der Waals surface area contributed by atoms with E-state index >= 15 is 0 Å². The first kappa shape index (κ1) is 14.4. The van der Waals surface area contributed by atoms with E-state index in [0.717, 1.165) is 11.8 Å². The molecule has 1 unspecified atom stereocenters. The number of hydrogen-bond acceptors (Lipinski definition) is 0. The Morgan fingerprint density at radius 3 is 2.05 bits per heavy atom. The molecule has 2 aromatic rings. The van der Waals surface area contributed by atoms with Gasteiger partial charge in [0.1, 0.15) is 0 Å². The molecule has 1 aliphatic carbocycles. The van der Waals surface area contributed by atoms with Crippen molar-refractivity contribution in [1.82, 2.24) is 0 Å². The van der Waals surface area contributed by atoms with Crippen LogP contribution >= 0.6 is 0 Å². The third-order valence-electron chi connectivity index (χ3n) is 5.03. The van der Waals surface area contributed by atoms with Gasteiger partial charge in [-0.3, -0.25) is 0 Å². The molecule has 0 heteroatoms. The first-order valence-corrected chi connectivity index (χ1v) is 8.52. The van der Waals surface area contributed by atoms with Crippen LogP contribution in [0, 0.1) is 5.92 Å². The number of benzene rings is 2. The van der Waals surface area contributed by atoms with Crippen molar-refractivity contribution in [2.75, 3.05) is 0 Å². The van der Waals surface area contributed by atoms with Gasteiger partial charge in [-0.2, -0.15) is 0 Å². The highest BCUT2D eigenvalue weighted by molar-refractivity contribution is 5.22. The first-order valence-electron chi connectivity index (χ1n) is 8.52. The normalized spacial score (nSPS) is 17.5. The molecule has 0 nitrogen and oxygen atoms in total. The standard InChI is InChI=1S/C21H26/c1-4-10-18(11-5-1)16-17-21(19-12-6-2-7-13-19)20-14-8-3-9-15-20/h1-2,4-7,10-13,20-21H,3,8-9,14-17H2. The van der Waals surface area contributed by atoms with E-state index in [0.29, 0.717) is 0 Å². The summed E-state index contributed by atoms with van der Waals surface area (Å²) in [5, 5.41) is 0. The van der Waals surface area contributed by atoms with Gasteiger partial charge in [0.2, 0.25) is 0 Å². The van der Waals surface area contributed by atoms with Gasteiger partial charge < -0.3 is 0 Å². The fourth-order valence-corrected chi connectivity index (χ4v) is 3.88. The number of hydrogen-bond donors (Lipinski definition) is 0. The molecule has 0 heterocycles. The summed E-state index contributed by atoms with van der Waals surface area (Å²) in [7, 11) is 0. The second-order valence-electron chi connectivity index (χ2n) is 6.44. The lowest BCUT2D eigenvalue weighted by Gasteiger charge is -2.31. The van der Waals surface area contributed by atoms with Gasteiger partial charge in [-0.05, 0) is 48.6 Å². The van der Waals surface area contributed by atoms with Crippen LogP contribution in [0.25, 0.3) is 0 Å². The lowest BCUT2D eigenvalue weighted by Crippen LogP contribution is -2.17. The van der Waals surface area contributed by atoms with Gasteiger partial charge in [-0.15, -0.1) is 0 Å². The summed E-state index contributed by atoms with van der Waals surface area (Å²) in [4.78, 5) is 0. The fraction of sp³-hybridized carbons (Fsp3) is 0.429. The summed E-state index contributed by atoms with van der Waals surface area (Å²) in [6, 6.07) is 22.2. The Morgan fingerprint density at radius 1 is 0.762 bits per heavy atom. The van der Waals surface area contributed by atoms with Gasteiger partial charge in [-0.25, -0.2) is 0 Å². The maximum atomic E-state index is 2.34. The van der Waals surface area contributed by atoms with Crippen LogP contribution in [0.5, 0.6) is 0 Å². The predicted octanol–water partition coefficient (Wildman–Crippen LogP) is 5.98. The van der Waals surface area contributed by atoms with E-state index < -0.39 is 0 Å². The molecule has 3 rings (SSSR count). The molecule has 0 saturated heterocycles. The van der Waals surface area contributed by atoms with Gasteiger partial charge in [-0.1, -0.05) is 79.9 Å². The maximum Gasteiger partial charge on any atom is -0.0130 e. The van der Waals surface area contributed by atoms with Gasteiger partial charge >= 0.3 is 0 Å². The number of rotatable bonds is 5. The van der Waals surface area contributed by atoms with Crippen LogP contribution in [-0.2, 0) is 6.42 Å². The van der Waals surface area contributed by atoms with E-state index in [9.17, 15) is 0 Å². The summed E-state index contributed by atoms with van der Waals surface area (Å²) in [6.07, 6.45) is 9.65. The molecule has 1 atom stereocenters. The smallest absolute Gasteiger partial charge is 0.0130 e. The third-order valence-corrected chi connectivity index (χ3v) is 5.03. The monoisotopic (exact) mass is 278 g/mol. The van der Waals surface area contributed by atoms with Gasteiger partial charge in [0.25, 0.3) is 0 Å². The highest BCUT2D eigenvalue weighted by Crippen LogP contribution is 2.38. The Balaban J connectivity index is 1.72. The molecule has 1 aliphatic rings. The van der Waals surface area contributed by atoms with Crippen molar-refractivity contribution in [3.05, 3.63) is 71.8 Å². The minimum absolute atomic E-state index is 0.742. The number of aryl methyl sites for hydroxylation is 1. The lowest BCUT2D eigenvalue weighted by molar-refractivity contribution is 0.294. The van der Waals surface area contributed by atoms with Crippen molar-refractivity contribution < 1.29 is 0 Å². The molecule has 110 valence electrons. The fourth-order valence-electron chi connectivity index (χ4n) is 3.88. The second-order valence-corrected chi connectivity index (χ2v) is 6.44. The van der Waals surface area contributed by atoms with E-state index in [1.54, 1.807) is 5.56 Å². The summed E-state index contributed by atoms with van der Waals surface area (Å²) in [6.45, 7) is 0. The summed E-state index contributed by atoms with van der Waals surface area (Å²) < 4.78 is 0. The van der Waals surface area contributed by atoms with Crippen LogP contribution in [0.1, 0.15) is 55.6 Å². The van der Waals surface area contributed by atoms with Crippen molar-refractivity contribution in [3.8, 4) is 0 Å². The molecule has 0 amide bonds.